The van der Waals surface area contributed by atoms with Gasteiger partial charge in [0.15, 0.2) is 0 Å². The maximum atomic E-state index is 9.22. The molecule has 0 saturated heterocycles. The third-order valence-electron chi connectivity index (χ3n) is 6.39. The van der Waals surface area contributed by atoms with E-state index in [2.05, 4.69) is 78.3 Å². The summed E-state index contributed by atoms with van der Waals surface area (Å²) >= 11 is 3.27. The number of benzene rings is 4. The zero-order chi connectivity index (χ0) is 29.7. The molecule has 0 atom stereocenters. The van der Waals surface area contributed by atoms with Crippen LogP contribution >= 0.6 is 15.9 Å². The van der Waals surface area contributed by atoms with E-state index >= 15 is 0 Å². The standard InChI is InChI=1S/C17H14N2.C12H11BO2.C5H5BrN2/c1-13-17(11-18-12-19-13)16-10-6-5-9-15(16)14-7-3-2-4-8-14;14-13(15)12-9-5-4-8-11(12)10-6-2-1-3-7-10;1-4-5(6)2-7-3-8-4/h2-12H,1H3;1-9,14-15H;2-3H,1H3. The Morgan fingerprint density at radius 3 is 1.52 bits per heavy atom. The number of aromatic nitrogens is 4. The van der Waals surface area contributed by atoms with Gasteiger partial charge in [-0.15, -0.1) is 0 Å². The maximum absolute atomic E-state index is 9.22. The molecule has 4 aromatic carbocycles. The highest BCUT2D eigenvalue weighted by atomic mass is 79.9. The van der Waals surface area contributed by atoms with Crippen molar-refractivity contribution in [2.45, 2.75) is 13.8 Å². The summed E-state index contributed by atoms with van der Waals surface area (Å²) < 4.78 is 0.958. The second kappa shape index (κ2) is 15.5. The summed E-state index contributed by atoms with van der Waals surface area (Å²) in [6.45, 7) is 3.94. The second-order valence-corrected chi connectivity index (χ2v) is 10.1. The lowest BCUT2D eigenvalue weighted by atomic mass is 9.75. The van der Waals surface area contributed by atoms with Gasteiger partial charge in [0.1, 0.15) is 12.7 Å². The highest BCUT2D eigenvalue weighted by Gasteiger charge is 2.15. The lowest BCUT2D eigenvalue weighted by Crippen LogP contribution is -2.31. The Morgan fingerprint density at radius 1 is 0.524 bits per heavy atom. The van der Waals surface area contributed by atoms with E-state index < -0.39 is 7.12 Å². The van der Waals surface area contributed by atoms with Crippen LogP contribution in [-0.2, 0) is 0 Å². The van der Waals surface area contributed by atoms with E-state index in [1.807, 2.05) is 74.6 Å². The van der Waals surface area contributed by atoms with Crippen molar-refractivity contribution in [1.29, 1.82) is 0 Å². The number of aryl methyl sites for hydroxylation is 2. The van der Waals surface area contributed by atoms with E-state index in [0.717, 1.165) is 32.6 Å². The van der Waals surface area contributed by atoms with Gasteiger partial charge in [-0.3, -0.25) is 0 Å². The van der Waals surface area contributed by atoms with Crippen molar-refractivity contribution < 1.29 is 10.0 Å². The molecule has 6 nitrogen and oxygen atoms in total. The van der Waals surface area contributed by atoms with Crippen LogP contribution in [0.25, 0.3) is 33.4 Å². The quantitative estimate of drug-likeness (QED) is 0.214. The van der Waals surface area contributed by atoms with Gasteiger partial charge in [0.2, 0.25) is 0 Å². The Kier molecular flexibility index (Phi) is 11.2. The molecule has 208 valence electrons. The van der Waals surface area contributed by atoms with Gasteiger partial charge in [0.25, 0.3) is 0 Å². The number of nitrogens with zero attached hydrogens (tertiary/aromatic N) is 4. The molecule has 0 radical (unpaired) electrons. The average molecular weight is 617 g/mol. The molecule has 0 spiro atoms. The minimum atomic E-state index is -1.43. The molecule has 0 aliphatic carbocycles. The van der Waals surface area contributed by atoms with Crippen LogP contribution in [-0.4, -0.2) is 37.1 Å². The summed E-state index contributed by atoms with van der Waals surface area (Å²) in [6.07, 6.45) is 6.72. The van der Waals surface area contributed by atoms with Crippen LogP contribution in [0.1, 0.15) is 11.4 Å². The molecule has 6 rings (SSSR count). The third kappa shape index (κ3) is 8.27. The number of halogens is 1. The average Bonchev–Trinajstić information content (AvgIpc) is 3.04. The number of rotatable bonds is 4. The molecular weight excluding hydrogens is 587 g/mol. The van der Waals surface area contributed by atoms with Crippen molar-refractivity contribution in [3.63, 3.8) is 0 Å². The fourth-order valence-electron chi connectivity index (χ4n) is 4.22. The summed E-state index contributed by atoms with van der Waals surface area (Å²) in [4.78, 5) is 16.1. The summed E-state index contributed by atoms with van der Waals surface area (Å²) in [7, 11) is -1.43. The first-order valence-electron chi connectivity index (χ1n) is 13.3. The molecular formula is C34H30BBrN4O2. The van der Waals surface area contributed by atoms with Crippen LogP contribution in [0.5, 0.6) is 0 Å². The fraction of sp³-hybridized carbons (Fsp3) is 0.0588. The van der Waals surface area contributed by atoms with E-state index in [-0.39, 0.29) is 0 Å². The maximum Gasteiger partial charge on any atom is 0.489 e. The molecule has 0 aliphatic heterocycles. The number of hydrogen-bond donors (Lipinski definition) is 2. The molecule has 2 aromatic heterocycles. The molecule has 2 heterocycles. The van der Waals surface area contributed by atoms with Gasteiger partial charge >= 0.3 is 7.12 Å². The van der Waals surface area contributed by atoms with Crippen molar-refractivity contribution in [1.82, 2.24) is 19.9 Å². The van der Waals surface area contributed by atoms with Gasteiger partial charge in [-0.2, -0.15) is 0 Å². The summed E-state index contributed by atoms with van der Waals surface area (Å²) in [6, 6.07) is 35.7. The zero-order valence-electron chi connectivity index (χ0n) is 23.3. The Hall–Kier alpha value is -4.50. The Morgan fingerprint density at radius 2 is 1.00 bits per heavy atom. The van der Waals surface area contributed by atoms with Gasteiger partial charge in [-0.1, -0.05) is 109 Å². The SMILES string of the molecule is Cc1ncncc1-c1ccccc1-c1ccccc1.Cc1ncncc1Br.OB(O)c1ccccc1-c1ccccc1. The largest absolute Gasteiger partial charge is 0.489 e. The zero-order valence-corrected chi connectivity index (χ0v) is 24.9. The van der Waals surface area contributed by atoms with Crippen LogP contribution in [0.2, 0.25) is 0 Å². The molecule has 8 heteroatoms. The molecule has 0 fully saturated rings. The molecule has 0 aliphatic rings. The number of hydrogen-bond acceptors (Lipinski definition) is 6. The molecule has 0 saturated carbocycles. The van der Waals surface area contributed by atoms with Gasteiger partial charge in [0, 0.05) is 23.7 Å². The molecule has 2 N–H and O–H groups in total. The Bertz CT molecular complexity index is 1680. The summed E-state index contributed by atoms with van der Waals surface area (Å²) in [5.41, 5.74) is 9.02. The van der Waals surface area contributed by atoms with Crippen LogP contribution in [0.4, 0.5) is 0 Å². The van der Waals surface area contributed by atoms with Crippen molar-refractivity contribution in [2.24, 2.45) is 0 Å². The minimum absolute atomic E-state index is 0.531. The molecule has 42 heavy (non-hydrogen) atoms. The lowest BCUT2D eigenvalue weighted by Gasteiger charge is -2.11. The van der Waals surface area contributed by atoms with Gasteiger partial charge in [0.05, 0.1) is 10.2 Å². The van der Waals surface area contributed by atoms with Crippen molar-refractivity contribution in [3.8, 4) is 33.4 Å². The molecule has 0 unspecified atom stereocenters. The monoisotopic (exact) mass is 616 g/mol. The van der Waals surface area contributed by atoms with Gasteiger partial charge in [-0.25, -0.2) is 19.9 Å². The molecule has 6 aromatic rings. The minimum Gasteiger partial charge on any atom is -0.423 e. The van der Waals surface area contributed by atoms with Crippen LogP contribution < -0.4 is 5.46 Å². The highest BCUT2D eigenvalue weighted by molar-refractivity contribution is 9.10. The predicted molar refractivity (Wildman–Crippen MR) is 174 cm³/mol. The topological polar surface area (TPSA) is 92.0 Å². The third-order valence-corrected chi connectivity index (χ3v) is 7.17. The van der Waals surface area contributed by atoms with Crippen molar-refractivity contribution in [2.75, 3.05) is 0 Å². The predicted octanol–water partition coefficient (Wildman–Crippen LogP) is 6.70. The van der Waals surface area contributed by atoms with E-state index in [4.69, 9.17) is 0 Å². The van der Waals surface area contributed by atoms with E-state index in [0.29, 0.717) is 5.46 Å². The van der Waals surface area contributed by atoms with Crippen LogP contribution in [0, 0.1) is 13.8 Å². The second-order valence-electron chi connectivity index (χ2n) is 9.22. The van der Waals surface area contributed by atoms with Gasteiger partial charge < -0.3 is 10.0 Å². The first-order chi connectivity index (χ1) is 20.5. The Labute approximate surface area is 255 Å². The normalized spacial score (nSPS) is 10.0. The first-order valence-corrected chi connectivity index (χ1v) is 14.1. The van der Waals surface area contributed by atoms with E-state index in [1.165, 1.54) is 23.0 Å². The van der Waals surface area contributed by atoms with Gasteiger partial charge in [-0.05, 0) is 63.1 Å². The first kappa shape index (κ1) is 30.5. The fourth-order valence-corrected chi connectivity index (χ4v) is 4.44. The van der Waals surface area contributed by atoms with Crippen LogP contribution in [0.15, 0.2) is 139 Å². The lowest BCUT2D eigenvalue weighted by molar-refractivity contribution is 0.426. The Balaban J connectivity index is 0.000000157. The smallest absolute Gasteiger partial charge is 0.423 e. The highest BCUT2D eigenvalue weighted by Crippen LogP contribution is 2.32. The van der Waals surface area contributed by atoms with E-state index in [1.54, 1.807) is 24.7 Å². The molecule has 0 bridgehead atoms. The summed E-state index contributed by atoms with van der Waals surface area (Å²) in [5.74, 6) is 0. The summed E-state index contributed by atoms with van der Waals surface area (Å²) in [5, 5.41) is 18.4. The molecule has 0 amide bonds. The van der Waals surface area contributed by atoms with Crippen LogP contribution in [0.3, 0.4) is 0 Å². The van der Waals surface area contributed by atoms with E-state index in [9.17, 15) is 10.0 Å². The van der Waals surface area contributed by atoms with Crippen molar-refractivity contribution >= 4 is 28.5 Å². The van der Waals surface area contributed by atoms with Crippen molar-refractivity contribution in [3.05, 3.63) is 150 Å².